The van der Waals surface area contributed by atoms with E-state index in [1.165, 1.54) is 12.3 Å². The van der Waals surface area contributed by atoms with Crippen LogP contribution >= 0.6 is 0 Å². The van der Waals surface area contributed by atoms with Gasteiger partial charge >= 0.3 is 0 Å². The molecule has 19 heavy (non-hydrogen) atoms. The minimum atomic E-state index is -0.732. The van der Waals surface area contributed by atoms with Crippen LogP contribution < -0.4 is 16.6 Å². The lowest BCUT2D eigenvalue weighted by atomic mass is 10.1. The molecule has 1 rings (SSSR count). The summed E-state index contributed by atoms with van der Waals surface area (Å²) in [6.07, 6.45) is 4.40. The zero-order chi connectivity index (χ0) is 14.3. The average Bonchev–Trinajstić information content (AvgIpc) is 2.38. The molecule has 0 atom stereocenters. The zero-order valence-corrected chi connectivity index (χ0v) is 11.4. The Hall–Kier alpha value is -1.69. The molecule has 1 heterocycles. The highest BCUT2D eigenvalue weighted by Crippen LogP contribution is 2.13. The number of aromatic nitrogens is 1. The van der Waals surface area contributed by atoms with Crippen LogP contribution in [0, 0.1) is 11.7 Å². The molecule has 0 fully saturated rings. The first kappa shape index (κ1) is 15.4. The summed E-state index contributed by atoms with van der Waals surface area (Å²) in [5, 5.41) is 2.69. The summed E-state index contributed by atoms with van der Waals surface area (Å²) in [5.41, 5.74) is 2.06. The standard InChI is InChI=1S/C13H21FN4O/c1-9(2)5-3-4-7-17-13(19)10-6-8-16-12(18-15)11(10)14/h6,8-9H,3-5,7,15H2,1-2H3,(H,16,18)(H,17,19). The Balaban J connectivity index is 2.46. The largest absolute Gasteiger partial charge is 0.352 e. The number of unbranched alkanes of at least 4 members (excludes halogenated alkanes) is 1. The predicted octanol–water partition coefficient (Wildman–Crippen LogP) is 2.06. The monoisotopic (exact) mass is 268 g/mol. The number of hydrazine groups is 1. The molecule has 0 saturated carbocycles. The van der Waals surface area contributed by atoms with Crippen LogP contribution in [0.3, 0.4) is 0 Å². The second-order valence-electron chi connectivity index (χ2n) is 4.81. The van der Waals surface area contributed by atoms with E-state index in [9.17, 15) is 9.18 Å². The molecule has 0 bridgehead atoms. The molecule has 4 N–H and O–H groups in total. The number of nitrogens with one attached hydrogen (secondary N) is 2. The van der Waals surface area contributed by atoms with Crippen LogP contribution in [-0.4, -0.2) is 17.4 Å². The van der Waals surface area contributed by atoms with E-state index in [2.05, 4.69) is 29.6 Å². The first-order valence-corrected chi connectivity index (χ1v) is 6.45. The molecule has 0 unspecified atom stereocenters. The summed E-state index contributed by atoms with van der Waals surface area (Å²) in [7, 11) is 0. The Kier molecular flexibility index (Phi) is 6.21. The van der Waals surface area contributed by atoms with E-state index in [0.717, 1.165) is 19.3 Å². The maximum absolute atomic E-state index is 13.7. The van der Waals surface area contributed by atoms with E-state index in [1.807, 2.05) is 0 Å². The van der Waals surface area contributed by atoms with Gasteiger partial charge in [-0.2, -0.15) is 0 Å². The number of rotatable bonds is 7. The van der Waals surface area contributed by atoms with Crippen molar-refractivity contribution in [2.45, 2.75) is 33.1 Å². The molecule has 1 aromatic heterocycles. The summed E-state index contributed by atoms with van der Waals surface area (Å²) in [6, 6.07) is 1.33. The summed E-state index contributed by atoms with van der Waals surface area (Å²) in [5.74, 6) is 4.45. The van der Waals surface area contributed by atoms with E-state index >= 15 is 0 Å². The fourth-order valence-corrected chi connectivity index (χ4v) is 1.69. The second kappa shape index (κ2) is 7.68. The van der Waals surface area contributed by atoms with Crippen molar-refractivity contribution in [3.05, 3.63) is 23.6 Å². The quantitative estimate of drug-likeness (QED) is 0.402. The number of amides is 1. The molecular formula is C13H21FN4O. The van der Waals surface area contributed by atoms with Gasteiger partial charge in [0, 0.05) is 12.7 Å². The maximum Gasteiger partial charge on any atom is 0.254 e. The summed E-state index contributed by atoms with van der Waals surface area (Å²) in [6.45, 7) is 4.86. The lowest BCUT2D eigenvalue weighted by Crippen LogP contribution is -2.26. The number of carbonyl (C=O) groups excluding carboxylic acids is 1. The third-order valence-electron chi connectivity index (χ3n) is 2.76. The van der Waals surface area contributed by atoms with Crippen LogP contribution in [0.2, 0.25) is 0 Å². The number of nitrogen functional groups attached to an aromatic ring is 1. The van der Waals surface area contributed by atoms with E-state index in [1.54, 1.807) is 0 Å². The SMILES string of the molecule is CC(C)CCCCNC(=O)c1ccnc(NN)c1F. The van der Waals surface area contributed by atoms with Crippen molar-refractivity contribution in [1.29, 1.82) is 0 Å². The molecule has 0 spiro atoms. The van der Waals surface area contributed by atoms with E-state index < -0.39 is 11.7 Å². The molecule has 0 aromatic carbocycles. The van der Waals surface area contributed by atoms with E-state index in [0.29, 0.717) is 12.5 Å². The van der Waals surface area contributed by atoms with Crippen molar-refractivity contribution in [2.75, 3.05) is 12.0 Å². The fraction of sp³-hybridized carbons (Fsp3) is 0.538. The number of hydrogen-bond donors (Lipinski definition) is 3. The van der Waals surface area contributed by atoms with Gasteiger partial charge < -0.3 is 10.7 Å². The van der Waals surface area contributed by atoms with Crippen molar-refractivity contribution in [1.82, 2.24) is 10.3 Å². The van der Waals surface area contributed by atoms with Crippen LogP contribution in [0.15, 0.2) is 12.3 Å². The van der Waals surface area contributed by atoms with Gasteiger partial charge in [0.25, 0.3) is 5.91 Å². The number of anilines is 1. The van der Waals surface area contributed by atoms with Gasteiger partial charge in [0.15, 0.2) is 11.6 Å². The Bertz CT molecular complexity index is 423. The van der Waals surface area contributed by atoms with Crippen LogP contribution in [0.4, 0.5) is 10.2 Å². The van der Waals surface area contributed by atoms with Crippen molar-refractivity contribution in [3.63, 3.8) is 0 Å². The molecule has 0 aliphatic carbocycles. The second-order valence-corrected chi connectivity index (χ2v) is 4.81. The number of halogens is 1. The van der Waals surface area contributed by atoms with Crippen molar-refractivity contribution < 1.29 is 9.18 Å². The maximum atomic E-state index is 13.7. The third-order valence-corrected chi connectivity index (χ3v) is 2.76. The van der Waals surface area contributed by atoms with Gasteiger partial charge in [0.05, 0.1) is 5.56 Å². The molecule has 0 aliphatic rings. The van der Waals surface area contributed by atoms with Gasteiger partial charge in [-0.1, -0.05) is 26.7 Å². The smallest absolute Gasteiger partial charge is 0.254 e. The van der Waals surface area contributed by atoms with Crippen LogP contribution in [-0.2, 0) is 0 Å². The Morgan fingerprint density at radius 2 is 2.21 bits per heavy atom. The van der Waals surface area contributed by atoms with Gasteiger partial charge in [0.1, 0.15) is 0 Å². The first-order chi connectivity index (χ1) is 9.06. The molecule has 6 heteroatoms. The van der Waals surface area contributed by atoms with Gasteiger partial charge in [-0.05, 0) is 18.4 Å². The minimum Gasteiger partial charge on any atom is -0.352 e. The summed E-state index contributed by atoms with van der Waals surface area (Å²) in [4.78, 5) is 15.5. The highest BCUT2D eigenvalue weighted by Gasteiger charge is 2.14. The number of nitrogens with two attached hydrogens (primary N) is 1. The van der Waals surface area contributed by atoms with Gasteiger partial charge in [-0.25, -0.2) is 15.2 Å². The molecule has 1 amide bonds. The Morgan fingerprint density at radius 3 is 2.84 bits per heavy atom. The summed E-state index contributed by atoms with van der Waals surface area (Å²) < 4.78 is 13.7. The molecule has 0 aliphatic heterocycles. The molecular weight excluding hydrogens is 247 g/mol. The topological polar surface area (TPSA) is 80.0 Å². The zero-order valence-electron chi connectivity index (χ0n) is 11.4. The fourth-order valence-electron chi connectivity index (χ4n) is 1.69. The number of nitrogens with zero attached hydrogens (tertiary/aromatic N) is 1. The number of carbonyl (C=O) groups is 1. The van der Waals surface area contributed by atoms with Gasteiger partial charge in [-0.15, -0.1) is 0 Å². The van der Waals surface area contributed by atoms with Gasteiger partial charge in [0.2, 0.25) is 0 Å². The van der Waals surface area contributed by atoms with Crippen molar-refractivity contribution in [3.8, 4) is 0 Å². The van der Waals surface area contributed by atoms with Crippen molar-refractivity contribution in [2.24, 2.45) is 11.8 Å². The lowest BCUT2D eigenvalue weighted by molar-refractivity contribution is 0.0949. The number of hydrogen-bond acceptors (Lipinski definition) is 4. The van der Waals surface area contributed by atoms with Crippen LogP contribution in [0.1, 0.15) is 43.5 Å². The average molecular weight is 268 g/mol. The molecule has 0 radical (unpaired) electrons. The van der Waals surface area contributed by atoms with E-state index in [4.69, 9.17) is 5.84 Å². The first-order valence-electron chi connectivity index (χ1n) is 6.45. The third kappa shape index (κ3) is 4.82. The highest BCUT2D eigenvalue weighted by molar-refractivity contribution is 5.95. The van der Waals surface area contributed by atoms with Crippen molar-refractivity contribution >= 4 is 11.7 Å². The van der Waals surface area contributed by atoms with Crippen LogP contribution in [0.25, 0.3) is 0 Å². The molecule has 1 aromatic rings. The highest BCUT2D eigenvalue weighted by atomic mass is 19.1. The van der Waals surface area contributed by atoms with E-state index in [-0.39, 0.29) is 11.4 Å². The lowest BCUT2D eigenvalue weighted by Gasteiger charge is -2.08. The Morgan fingerprint density at radius 1 is 1.47 bits per heavy atom. The number of pyridine rings is 1. The predicted molar refractivity (Wildman–Crippen MR) is 73.0 cm³/mol. The molecule has 106 valence electrons. The normalized spacial score (nSPS) is 10.6. The molecule has 0 saturated heterocycles. The minimum absolute atomic E-state index is 0.0493. The van der Waals surface area contributed by atoms with Gasteiger partial charge in [-0.3, -0.25) is 4.79 Å². The molecule has 5 nitrogen and oxygen atoms in total. The Labute approximate surface area is 112 Å². The van der Waals surface area contributed by atoms with Crippen LogP contribution in [0.5, 0.6) is 0 Å². The summed E-state index contributed by atoms with van der Waals surface area (Å²) >= 11 is 0.